The number of rotatable bonds is 4. The maximum atomic E-state index is 13.7. The first-order valence-corrected chi connectivity index (χ1v) is 12.5. The third-order valence-electron chi connectivity index (χ3n) is 7.16. The van der Waals surface area contributed by atoms with E-state index < -0.39 is 0 Å². The highest BCUT2D eigenvalue weighted by molar-refractivity contribution is 6.36. The Morgan fingerprint density at radius 1 is 0.474 bits per heavy atom. The standard InChI is InChI=1S/C34H22N2O2/c37-33-28-19-10-18-27-31(22-21-29(32(27)28)34(38)36(33)25-15-5-2-6-16-25)35(24-13-3-1-4-14-24)30-20-9-12-23-11-7-8-17-26(23)30/h1-22H. The van der Waals surface area contributed by atoms with E-state index >= 15 is 0 Å². The number of carbonyl (C=O) groups excluding carboxylic acids is 2. The van der Waals surface area contributed by atoms with Crippen LogP contribution in [-0.2, 0) is 0 Å². The van der Waals surface area contributed by atoms with E-state index in [0.29, 0.717) is 22.2 Å². The predicted molar refractivity (Wildman–Crippen MR) is 154 cm³/mol. The maximum Gasteiger partial charge on any atom is 0.265 e. The fraction of sp³-hybridized carbons (Fsp3) is 0. The average Bonchev–Trinajstić information content (AvgIpc) is 2.98. The maximum absolute atomic E-state index is 13.7. The molecule has 0 unspecified atom stereocenters. The molecule has 4 nitrogen and oxygen atoms in total. The smallest absolute Gasteiger partial charge is 0.265 e. The van der Waals surface area contributed by atoms with Crippen molar-refractivity contribution in [2.24, 2.45) is 0 Å². The predicted octanol–water partition coefficient (Wildman–Crippen LogP) is 8.26. The van der Waals surface area contributed by atoms with Gasteiger partial charge < -0.3 is 4.90 Å². The van der Waals surface area contributed by atoms with Gasteiger partial charge in [-0.15, -0.1) is 0 Å². The molecule has 0 saturated carbocycles. The number of anilines is 4. The van der Waals surface area contributed by atoms with Crippen LogP contribution in [0.15, 0.2) is 133 Å². The van der Waals surface area contributed by atoms with Gasteiger partial charge in [-0.05, 0) is 53.9 Å². The second-order valence-electron chi connectivity index (χ2n) is 9.31. The largest absolute Gasteiger partial charge is 0.309 e. The van der Waals surface area contributed by atoms with Gasteiger partial charge in [0, 0.05) is 33.0 Å². The summed E-state index contributed by atoms with van der Waals surface area (Å²) in [7, 11) is 0. The highest BCUT2D eigenvalue weighted by Gasteiger charge is 2.35. The Labute approximate surface area is 220 Å². The zero-order valence-corrected chi connectivity index (χ0v) is 20.4. The summed E-state index contributed by atoms with van der Waals surface area (Å²) in [5, 5.41) is 3.79. The van der Waals surface area contributed by atoms with Crippen LogP contribution in [0.2, 0.25) is 0 Å². The highest BCUT2D eigenvalue weighted by Crippen LogP contribution is 2.44. The van der Waals surface area contributed by atoms with Crippen molar-refractivity contribution in [3.63, 3.8) is 0 Å². The van der Waals surface area contributed by atoms with Crippen LogP contribution in [-0.4, -0.2) is 11.8 Å². The molecular weight excluding hydrogens is 468 g/mol. The second kappa shape index (κ2) is 8.71. The average molecular weight is 491 g/mol. The van der Waals surface area contributed by atoms with Crippen LogP contribution in [0.5, 0.6) is 0 Å². The van der Waals surface area contributed by atoms with Gasteiger partial charge in [-0.3, -0.25) is 9.59 Å². The number of benzene rings is 6. The number of amides is 2. The van der Waals surface area contributed by atoms with Gasteiger partial charge in [-0.2, -0.15) is 0 Å². The minimum atomic E-state index is -0.312. The fourth-order valence-corrected chi connectivity index (χ4v) is 5.48. The van der Waals surface area contributed by atoms with Crippen LogP contribution in [0.3, 0.4) is 0 Å². The lowest BCUT2D eigenvalue weighted by atomic mass is 9.92. The first-order chi connectivity index (χ1) is 18.7. The molecule has 0 bridgehead atoms. The van der Waals surface area contributed by atoms with Crippen LogP contribution < -0.4 is 9.80 Å². The Bertz CT molecular complexity index is 1840. The van der Waals surface area contributed by atoms with E-state index in [0.717, 1.165) is 33.2 Å². The van der Waals surface area contributed by atoms with E-state index in [-0.39, 0.29) is 11.8 Å². The molecule has 4 heteroatoms. The van der Waals surface area contributed by atoms with Gasteiger partial charge >= 0.3 is 0 Å². The van der Waals surface area contributed by atoms with Crippen LogP contribution in [0.4, 0.5) is 22.7 Å². The molecule has 1 heterocycles. The van der Waals surface area contributed by atoms with Crippen molar-refractivity contribution in [1.82, 2.24) is 0 Å². The van der Waals surface area contributed by atoms with Gasteiger partial charge in [0.1, 0.15) is 0 Å². The Morgan fingerprint density at radius 3 is 1.84 bits per heavy atom. The Morgan fingerprint density at radius 2 is 1.05 bits per heavy atom. The van der Waals surface area contributed by atoms with Crippen molar-refractivity contribution in [3.05, 3.63) is 145 Å². The van der Waals surface area contributed by atoms with Crippen molar-refractivity contribution in [1.29, 1.82) is 0 Å². The van der Waals surface area contributed by atoms with Crippen molar-refractivity contribution in [2.45, 2.75) is 0 Å². The third-order valence-corrected chi connectivity index (χ3v) is 7.16. The van der Waals surface area contributed by atoms with Crippen molar-refractivity contribution in [3.8, 4) is 0 Å². The van der Waals surface area contributed by atoms with Gasteiger partial charge in [0.25, 0.3) is 11.8 Å². The lowest BCUT2D eigenvalue weighted by molar-refractivity contribution is 0.0893. The molecular formula is C34H22N2O2. The third kappa shape index (κ3) is 3.31. The number of hydrogen-bond donors (Lipinski definition) is 0. The van der Waals surface area contributed by atoms with E-state index in [2.05, 4.69) is 47.4 Å². The monoisotopic (exact) mass is 490 g/mol. The van der Waals surface area contributed by atoms with E-state index in [4.69, 9.17) is 0 Å². The summed E-state index contributed by atoms with van der Waals surface area (Å²) in [5.74, 6) is -0.624. The van der Waals surface area contributed by atoms with E-state index in [1.54, 1.807) is 12.1 Å². The van der Waals surface area contributed by atoms with Crippen LogP contribution in [0.25, 0.3) is 21.5 Å². The zero-order chi connectivity index (χ0) is 25.6. The molecule has 6 aromatic carbocycles. The fourth-order valence-electron chi connectivity index (χ4n) is 5.48. The molecule has 7 rings (SSSR count). The van der Waals surface area contributed by atoms with Crippen LogP contribution in [0.1, 0.15) is 20.7 Å². The van der Waals surface area contributed by atoms with Crippen LogP contribution in [0, 0.1) is 0 Å². The van der Waals surface area contributed by atoms with Crippen molar-refractivity contribution >= 4 is 56.1 Å². The van der Waals surface area contributed by atoms with Gasteiger partial charge in [0.15, 0.2) is 0 Å². The summed E-state index contributed by atoms with van der Waals surface area (Å²) in [4.78, 5) is 30.9. The summed E-state index contributed by atoms with van der Waals surface area (Å²) in [5.41, 5.74) is 4.53. The lowest BCUT2D eigenvalue weighted by Crippen LogP contribution is -2.40. The first kappa shape index (κ1) is 22.0. The molecule has 2 amide bonds. The summed E-state index contributed by atoms with van der Waals surface area (Å²) in [6.07, 6.45) is 0. The molecule has 6 aromatic rings. The number of para-hydroxylation sites is 2. The van der Waals surface area contributed by atoms with Gasteiger partial charge in [0.05, 0.1) is 17.1 Å². The topological polar surface area (TPSA) is 40.6 Å². The molecule has 0 N–H and O–H groups in total. The summed E-state index contributed by atoms with van der Waals surface area (Å²) in [6, 6.07) is 43.4. The van der Waals surface area contributed by atoms with E-state index in [1.165, 1.54) is 4.90 Å². The lowest BCUT2D eigenvalue weighted by Gasteiger charge is -2.31. The zero-order valence-electron chi connectivity index (χ0n) is 20.4. The molecule has 1 aliphatic heterocycles. The molecule has 0 aromatic heterocycles. The Kier molecular flexibility index (Phi) is 5.05. The summed E-state index contributed by atoms with van der Waals surface area (Å²) >= 11 is 0. The molecule has 0 saturated heterocycles. The normalized spacial score (nSPS) is 12.8. The highest BCUT2D eigenvalue weighted by atomic mass is 16.2. The summed E-state index contributed by atoms with van der Waals surface area (Å²) < 4.78 is 0. The quantitative estimate of drug-likeness (QED) is 0.234. The van der Waals surface area contributed by atoms with E-state index in [9.17, 15) is 9.59 Å². The van der Waals surface area contributed by atoms with Gasteiger partial charge in [-0.25, -0.2) is 4.90 Å². The molecule has 0 radical (unpaired) electrons. The number of imide groups is 1. The SMILES string of the molecule is O=C1c2cccc3c(N(c4ccccc4)c4cccc5ccccc45)ccc(c23)C(=O)N1c1ccccc1. The Balaban J connectivity index is 1.50. The Hall–Kier alpha value is -5.22. The number of carbonyl (C=O) groups is 2. The second-order valence-corrected chi connectivity index (χ2v) is 9.31. The minimum absolute atomic E-state index is 0.312. The molecule has 1 aliphatic rings. The molecule has 38 heavy (non-hydrogen) atoms. The molecule has 0 fully saturated rings. The number of nitrogens with zero attached hydrogens (tertiary/aromatic N) is 2. The number of hydrogen-bond acceptors (Lipinski definition) is 3. The van der Waals surface area contributed by atoms with Crippen molar-refractivity contribution in [2.75, 3.05) is 9.80 Å². The van der Waals surface area contributed by atoms with E-state index in [1.807, 2.05) is 78.9 Å². The van der Waals surface area contributed by atoms with Crippen molar-refractivity contribution < 1.29 is 9.59 Å². The minimum Gasteiger partial charge on any atom is -0.309 e. The molecule has 180 valence electrons. The molecule has 0 aliphatic carbocycles. The summed E-state index contributed by atoms with van der Waals surface area (Å²) in [6.45, 7) is 0. The molecule has 0 atom stereocenters. The van der Waals surface area contributed by atoms with Crippen LogP contribution >= 0.6 is 0 Å². The van der Waals surface area contributed by atoms with Gasteiger partial charge in [-0.1, -0.05) is 84.9 Å². The number of fused-ring (bicyclic) bond motifs is 1. The first-order valence-electron chi connectivity index (χ1n) is 12.5. The molecule has 0 spiro atoms. The van der Waals surface area contributed by atoms with Gasteiger partial charge in [0.2, 0.25) is 0 Å².